The van der Waals surface area contributed by atoms with Crippen LogP contribution in [0.4, 0.5) is 0 Å². The van der Waals surface area contributed by atoms with E-state index in [2.05, 4.69) is 9.93 Å². The third kappa shape index (κ3) is 0.673. The zero-order valence-electron chi connectivity index (χ0n) is 4.29. The van der Waals surface area contributed by atoms with Gasteiger partial charge in [-0.15, -0.1) is 0 Å². The van der Waals surface area contributed by atoms with Gasteiger partial charge in [-0.25, -0.2) is 14.9 Å². The second-order valence-electron chi connectivity index (χ2n) is 1.33. The van der Waals surface area contributed by atoms with Crippen LogP contribution >= 0.6 is 0 Å². The summed E-state index contributed by atoms with van der Waals surface area (Å²) in [7, 11) is 0. The van der Waals surface area contributed by atoms with Crippen LogP contribution in [0.1, 0.15) is 6.92 Å². The average Bonchev–Trinajstić information content (AvgIpc) is 1.98. The molecule has 0 spiro atoms. The first-order chi connectivity index (χ1) is 3.72. The van der Waals surface area contributed by atoms with Gasteiger partial charge in [-0.1, -0.05) is 0 Å². The SMILES string of the molecule is CC1=NNS(=O)N1N. The second kappa shape index (κ2) is 1.71. The Balaban J connectivity index is 2.72. The molecule has 6 heteroatoms. The summed E-state index contributed by atoms with van der Waals surface area (Å²) in [5, 5.41) is 3.57. The molecule has 1 atom stereocenters. The molecule has 0 bridgehead atoms. The minimum absolute atomic E-state index is 0.531. The standard InChI is InChI=1S/C2H6N4OS/c1-2-4-5-8(7)6(2)3/h5H,3H2,1H3. The second-order valence-corrected chi connectivity index (χ2v) is 2.40. The van der Waals surface area contributed by atoms with Crippen molar-refractivity contribution in [3.8, 4) is 0 Å². The van der Waals surface area contributed by atoms with Crippen LogP contribution in [-0.2, 0) is 11.2 Å². The van der Waals surface area contributed by atoms with Crippen molar-refractivity contribution in [3.05, 3.63) is 0 Å². The highest BCUT2D eigenvalue weighted by atomic mass is 32.2. The quantitative estimate of drug-likeness (QED) is 0.403. The topological polar surface area (TPSA) is 70.7 Å². The fraction of sp³-hybridized carbons (Fsp3) is 0.500. The Labute approximate surface area is 49.2 Å². The molecule has 0 aromatic carbocycles. The summed E-state index contributed by atoms with van der Waals surface area (Å²) in [5.74, 6) is 5.69. The maximum atomic E-state index is 10.5. The normalized spacial score (nSPS) is 27.5. The first kappa shape index (κ1) is 5.52. The number of hydrazine groups is 1. The first-order valence-electron chi connectivity index (χ1n) is 1.98. The minimum atomic E-state index is -1.34. The van der Waals surface area contributed by atoms with Crippen LogP contribution in [0.25, 0.3) is 0 Å². The van der Waals surface area contributed by atoms with Gasteiger partial charge in [-0.05, 0) is 6.92 Å². The molecule has 1 rings (SSSR count). The van der Waals surface area contributed by atoms with Crippen LogP contribution in [0.15, 0.2) is 5.10 Å². The van der Waals surface area contributed by atoms with E-state index < -0.39 is 11.2 Å². The smallest absolute Gasteiger partial charge is 0.232 e. The van der Waals surface area contributed by atoms with Crippen LogP contribution < -0.4 is 10.7 Å². The fourth-order valence-corrected chi connectivity index (χ4v) is 0.897. The summed E-state index contributed by atoms with van der Waals surface area (Å²) in [6, 6.07) is 0. The predicted octanol–water partition coefficient (Wildman–Crippen LogP) is -1.32. The summed E-state index contributed by atoms with van der Waals surface area (Å²) in [4.78, 5) is 2.28. The highest BCUT2D eigenvalue weighted by molar-refractivity contribution is 7.81. The van der Waals surface area contributed by atoms with Crippen molar-refractivity contribution in [1.82, 2.24) is 9.25 Å². The molecule has 0 saturated heterocycles. The molecule has 8 heavy (non-hydrogen) atoms. The lowest BCUT2D eigenvalue weighted by Crippen LogP contribution is -2.35. The number of hydrazone groups is 1. The van der Waals surface area contributed by atoms with Crippen LogP contribution in [0, 0.1) is 0 Å². The molecule has 0 aromatic heterocycles. The first-order valence-corrected chi connectivity index (χ1v) is 3.09. The third-order valence-corrected chi connectivity index (χ3v) is 1.65. The molecule has 5 nitrogen and oxygen atoms in total. The maximum absolute atomic E-state index is 10.5. The molecule has 3 N–H and O–H groups in total. The van der Waals surface area contributed by atoms with Crippen molar-refractivity contribution in [2.24, 2.45) is 10.9 Å². The monoisotopic (exact) mass is 134 g/mol. The summed E-state index contributed by atoms with van der Waals surface area (Å²) in [6.07, 6.45) is 0. The highest BCUT2D eigenvalue weighted by Crippen LogP contribution is 1.93. The molecule has 0 aromatic rings. The van der Waals surface area contributed by atoms with E-state index in [1.165, 1.54) is 0 Å². The summed E-state index contributed by atoms with van der Waals surface area (Å²) >= 11 is -1.34. The Morgan fingerprint density at radius 2 is 2.62 bits per heavy atom. The van der Waals surface area contributed by atoms with E-state index in [9.17, 15) is 4.21 Å². The zero-order valence-corrected chi connectivity index (χ0v) is 5.10. The van der Waals surface area contributed by atoms with Crippen molar-refractivity contribution >= 4 is 17.0 Å². The van der Waals surface area contributed by atoms with Crippen molar-refractivity contribution in [2.45, 2.75) is 6.92 Å². The van der Waals surface area contributed by atoms with Gasteiger partial charge in [0.1, 0.15) is 0 Å². The Kier molecular flexibility index (Phi) is 1.18. The van der Waals surface area contributed by atoms with Crippen LogP contribution in [-0.4, -0.2) is 14.5 Å². The van der Waals surface area contributed by atoms with Gasteiger partial charge in [0.25, 0.3) is 11.2 Å². The third-order valence-electron chi connectivity index (χ3n) is 0.783. The molecule has 0 aliphatic carbocycles. The van der Waals surface area contributed by atoms with Crippen molar-refractivity contribution in [3.63, 3.8) is 0 Å². The van der Waals surface area contributed by atoms with Crippen LogP contribution in [0.5, 0.6) is 0 Å². The van der Waals surface area contributed by atoms with Gasteiger partial charge in [0.05, 0.1) is 0 Å². The summed E-state index contributed by atoms with van der Waals surface area (Å²) in [5.41, 5.74) is 0. The molecule has 1 aliphatic rings. The van der Waals surface area contributed by atoms with Crippen LogP contribution in [0.3, 0.4) is 0 Å². The van der Waals surface area contributed by atoms with E-state index in [0.717, 1.165) is 4.41 Å². The van der Waals surface area contributed by atoms with Gasteiger partial charge in [0.15, 0.2) is 5.84 Å². The Bertz CT molecular complexity index is 154. The van der Waals surface area contributed by atoms with Crippen molar-refractivity contribution in [1.29, 1.82) is 0 Å². The molecular weight excluding hydrogens is 128 g/mol. The van der Waals surface area contributed by atoms with E-state index in [1.54, 1.807) is 6.92 Å². The molecule has 1 aliphatic heterocycles. The van der Waals surface area contributed by atoms with E-state index in [0.29, 0.717) is 5.84 Å². The number of amidine groups is 1. The fourth-order valence-electron chi connectivity index (χ4n) is 0.318. The van der Waals surface area contributed by atoms with Gasteiger partial charge in [-0.2, -0.15) is 9.52 Å². The number of hydrogen-bond donors (Lipinski definition) is 2. The number of nitrogens with one attached hydrogen (secondary N) is 1. The molecular formula is C2H6N4OS. The van der Waals surface area contributed by atoms with E-state index in [4.69, 9.17) is 5.84 Å². The van der Waals surface area contributed by atoms with Gasteiger partial charge in [0.2, 0.25) is 0 Å². The molecule has 46 valence electrons. The molecule has 1 heterocycles. The number of rotatable bonds is 0. The van der Waals surface area contributed by atoms with Gasteiger partial charge < -0.3 is 0 Å². The maximum Gasteiger partial charge on any atom is 0.255 e. The lowest BCUT2D eigenvalue weighted by atomic mass is 10.7. The van der Waals surface area contributed by atoms with Crippen molar-refractivity contribution < 1.29 is 4.21 Å². The van der Waals surface area contributed by atoms with Gasteiger partial charge in [0, 0.05) is 0 Å². The summed E-state index contributed by atoms with van der Waals surface area (Å²) < 4.78 is 11.5. The number of hydrogen-bond acceptors (Lipinski definition) is 3. The van der Waals surface area contributed by atoms with Crippen LogP contribution in [0.2, 0.25) is 0 Å². The lowest BCUT2D eigenvalue weighted by Gasteiger charge is -2.03. The average molecular weight is 134 g/mol. The summed E-state index contributed by atoms with van der Waals surface area (Å²) in [6.45, 7) is 1.66. The number of nitrogens with two attached hydrogens (primary N) is 1. The molecule has 0 amide bonds. The zero-order chi connectivity index (χ0) is 6.15. The van der Waals surface area contributed by atoms with Crippen molar-refractivity contribution in [2.75, 3.05) is 0 Å². The molecule has 0 fully saturated rings. The van der Waals surface area contributed by atoms with Gasteiger partial charge >= 0.3 is 0 Å². The number of nitrogens with zero attached hydrogens (tertiary/aromatic N) is 2. The Morgan fingerprint density at radius 1 is 2.00 bits per heavy atom. The highest BCUT2D eigenvalue weighted by Gasteiger charge is 2.15. The van der Waals surface area contributed by atoms with E-state index in [1.807, 2.05) is 0 Å². The molecule has 1 unspecified atom stereocenters. The Morgan fingerprint density at radius 3 is 2.75 bits per heavy atom. The molecule has 0 saturated carbocycles. The minimum Gasteiger partial charge on any atom is -0.232 e. The molecule has 0 radical (unpaired) electrons. The predicted molar refractivity (Wildman–Crippen MR) is 30.4 cm³/mol. The van der Waals surface area contributed by atoms with E-state index in [-0.39, 0.29) is 0 Å². The van der Waals surface area contributed by atoms with Gasteiger partial charge in [-0.3, -0.25) is 0 Å². The van der Waals surface area contributed by atoms with E-state index >= 15 is 0 Å². The lowest BCUT2D eigenvalue weighted by molar-refractivity contribution is 0.622. The largest absolute Gasteiger partial charge is 0.255 e. The Hall–Kier alpha value is -0.620.